The van der Waals surface area contributed by atoms with Crippen LogP contribution in [0.5, 0.6) is 0 Å². The summed E-state index contributed by atoms with van der Waals surface area (Å²) in [6, 6.07) is 10.7. The second-order valence-corrected chi connectivity index (χ2v) is 8.23. The highest BCUT2D eigenvalue weighted by Crippen LogP contribution is 2.21. The average molecular weight is 417 g/mol. The van der Waals surface area contributed by atoms with Crippen molar-refractivity contribution in [3.05, 3.63) is 51.2 Å². The fourth-order valence-electron chi connectivity index (χ4n) is 3.19. The van der Waals surface area contributed by atoms with Gasteiger partial charge in [-0.3, -0.25) is 14.5 Å². The van der Waals surface area contributed by atoms with Crippen molar-refractivity contribution in [2.45, 2.75) is 19.4 Å². The zero-order valence-electron chi connectivity index (χ0n) is 15.3. The predicted octanol–water partition coefficient (Wildman–Crippen LogP) is 3.24. The van der Waals surface area contributed by atoms with E-state index in [0.29, 0.717) is 17.5 Å². The highest BCUT2D eigenvalue weighted by Gasteiger charge is 2.22. The minimum Gasteiger partial charge on any atom is -0.348 e. The minimum atomic E-state index is -0.797. The van der Waals surface area contributed by atoms with Crippen LogP contribution in [0.3, 0.4) is 0 Å². The van der Waals surface area contributed by atoms with E-state index in [2.05, 4.69) is 33.0 Å². The number of nitrogens with zero attached hydrogens (tertiary/aromatic N) is 2. The topological polar surface area (TPSA) is 85.2 Å². The van der Waals surface area contributed by atoms with Gasteiger partial charge in [-0.05, 0) is 61.5 Å². The van der Waals surface area contributed by atoms with Crippen LogP contribution in [0.1, 0.15) is 23.3 Å². The molecule has 2 amide bonds. The summed E-state index contributed by atoms with van der Waals surface area (Å²) in [5.74, 6) is -1.14. The Balaban J connectivity index is 1.42. The maximum atomic E-state index is 12.1. The molecule has 0 saturated carbocycles. The van der Waals surface area contributed by atoms with E-state index in [0.717, 1.165) is 32.5 Å². The van der Waals surface area contributed by atoms with Gasteiger partial charge in [0.05, 0.1) is 11.3 Å². The summed E-state index contributed by atoms with van der Waals surface area (Å²) in [4.78, 5) is 28.0. The molecule has 0 unspecified atom stereocenters. The zero-order valence-corrected chi connectivity index (χ0v) is 16.9. The van der Waals surface area contributed by atoms with Crippen LogP contribution in [-0.4, -0.2) is 36.3 Å². The first-order valence-corrected chi connectivity index (χ1v) is 10.3. The summed E-state index contributed by atoms with van der Waals surface area (Å²) >= 11 is 7.66. The normalized spacial score (nSPS) is 15.0. The number of carbonyl (C=O) groups excluding carboxylic acids is 2. The van der Waals surface area contributed by atoms with E-state index >= 15 is 0 Å². The van der Waals surface area contributed by atoms with Gasteiger partial charge in [-0.15, -0.1) is 11.3 Å². The molecule has 1 aliphatic rings. The predicted molar refractivity (Wildman–Crippen MR) is 110 cm³/mol. The molecule has 1 aromatic carbocycles. The molecule has 0 aliphatic carbocycles. The second-order valence-electron chi connectivity index (χ2n) is 6.76. The van der Waals surface area contributed by atoms with Gasteiger partial charge in [0.2, 0.25) is 0 Å². The molecule has 1 aromatic heterocycles. The Morgan fingerprint density at radius 3 is 2.71 bits per heavy atom. The third kappa shape index (κ3) is 5.55. The smallest absolute Gasteiger partial charge is 0.313 e. The molecule has 2 heterocycles. The van der Waals surface area contributed by atoms with E-state index < -0.39 is 11.8 Å². The third-order valence-corrected chi connectivity index (χ3v) is 5.87. The summed E-state index contributed by atoms with van der Waals surface area (Å²) < 4.78 is 0. The Bertz CT molecular complexity index is 871. The molecule has 3 rings (SSSR count). The Morgan fingerprint density at radius 1 is 1.25 bits per heavy atom. The summed E-state index contributed by atoms with van der Waals surface area (Å²) in [6.45, 7) is 3.41. The number of carbonyl (C=O) groups is 2. The van der Waals surface area contributed by atoms with E-state index in [4.69, 9.17) is 16.9 Å². The summed E-state index contributed by atoms with van der Waals surface area (Å²) in [7, 11) is 0. The van der Waals surface area contributed by atoms with Crippen molar-refractivity contribution in [1.82, 2.24) is 10.2 Å². The van der Waals surface area contributed by atoms with Crippen LogP contribution in [0.4, 0.5) is 5.69 Å². The lowest BCUT2D eigenvalue weighted by molar-refractivity contribution is -0.136. The van der Waals surface area contributed by atoms with Crippen LogP contribution in [-0.2, 0) is 16.1 Å². The third-order valence-electron chi connectivity index (χ3n) is 4.77. The van der Waals surface area contributed by atoms with Gasteiger partial charge in [-0.1, -0.05) is 17.7 Å². The standard InChI is InChI=1S/C20H21ClN4O2S/c21-16-4-3-15(11-22)18(10-16)24-20(27)19(26)23-12-14-5-7-25(8-6-14)13-17-2-1-9-28-17/h1-4,9-10,14H,5-8,12-13H2,(H,23,26)(H,24,27). The number of rotatable bonds is 5. The van der Waals surface area contributed by atoms with Gasteiger partial charge in [0.1, 0.15) is 6.07 Å². The van der Waals surface area contributed by atoms with Crippen molar-refractivity contribution < 1.29 is 9.59 Å². The van der Waals surface area contributed by atoms with Crippen LogP contribution in [0, 0.1) is 17.2 Å². The number of halogens is 1. The van der Waals surface area contributed by atoms with Crippen LogP contribution < -0.4 is 10.6 Å². The fourth-order valence-corrected chi connectivity index (χ4v) is 4.10. The minimum absolute atomic E-state index is 0.233. The van der Waals surface area contributed by atoms with E-state index in [-0.39, 0.29) is 11.3 Å². The van der Waals surface area contributed by atoms with Gasteiger partial charge in [-0.2, -0.15) is 5.26 Å². The summed E-state index contributed by atoms with van der Waals surface area (Å²) in [6.07, 6.45) is 1.97. The Labute approximate surface area is 173 Å². The summed E-state index contributed by atoms with van der Waals surface area (Å²) in [5.41, 5.74) is 0.487. The second kappa shape index (κ2) is 9.69. The molecule has 8 heteroatoms. The van der Waals surface area contributed by atoms with E-state index in [1.54, 1.807) is 17.4 Å². The fraction of sp³-hybridized carbons (Fsp3) is 0.350. The Kier molecular flexibility index (Phi) is 7.04. The SMILES string of the molecule is N#Cc1ccc(Cl)cc1NC(=O)C(=O)NCC1CCN(Cc2cccs2)CC1. The number of hydrogen-bond acceptors (Lipinski definition) is 5. The van der Waals surface area contributed by atoms with Gasteiger partial charge in [0.25, 0.3) is 0 Å². The highest BCUT2D eigenvalue weighted by atomic mass is 35.5. The quantitative estimate of drug-likeness (QED) is 0.732. The van der Waals surface area contributed by atoms with Crippen molar-refractivity contribution in [3.63, 3.8) is 0 Å². The van der Waals surface area contributed by atoms with Gasteiger partial charge < -0.3 is 10.6 Å². The lowest BCUT2D eigenvalue weighted by atomic mass is 9.97. The Hall–Kier alpha value is -2.40. The number of thiophene rings is 1. The number of piperidine rings is 1. The number of hydrogen-bond donors (Lipinski definition) is 2. The lowest BCUT2D eigenvalue weighted by Gasteiger charge is -2.31. The van der Waals surface area contributed by atoms with Gasteiger partial charge in [0, 0.05) is 23.0 Å². The van der Waals surface area contributed by atoms with Crippen molar-refractivity contribution in [2.24, 2.45) is 5.92 Å². The van der Waals surface area contributed by atoms with E-state index in [1.165, 1.54) is 17.0 Å². The molecule has 0 spiro atoms. The molecule has 1 saturated heterocycles. The van der Waals surface area contributed by atoms with E-state index in [9.17, 15) is 9.59 Å². The Morgan fingerprint density at radius 2 is 2.04 bits per heavy atom. The van der Waals surface area contributed by atoms with Gasteiger partial charge in [-0.25, -0.2) is 0 Å². The summed E-state index contributed by atoms with van der Waals surface area (Å²) in [5, 5.41) is 16.7. The van der Waals surface area contributed by atoms with Gasteiger partial charge in [0.15, 0.2) is 0 Å². The maximum absolute atomic E-state index is 12.1. The van der Waals surface area contributed by atoms with Gasteiger partial charge >= 0.3 is 11.8 Å². The van der Waals surface area contributed by atoms with Crippen LogP contribution in [0.2, 0.25) is 5.02 Å². The number of nitriles is 1. The zero-order chi connectivity index (χ0) is 19.9. The van der Waals surface area contributed by atoms with Crippen LogP contribution in [0.25, 0.3) is 0 Å². The molecule has 1 fully saturated rings. The number of amides is 2. The lowest BCUT2D eigenvalue weighted by Crippen LogP contribution is -2.41. The molecule has 0 atom stereocenters. The number of likely N-dealkylation sites (tertiary alicyclic amines) is 1. The molecular formula is C20H21ClN4O2S. The van der Waals surface area contributed by atoms with Crippen molar-refractivity contribution in [3.8, 4) is 6.07 Å². The molecule has 6 nitrogen and oxygen atoms in total. The first kappa shape index (κ1) is 20.3. The van der Waals surface area contributed by atoms with E-state index in [1.807, 2.05) is 6.07 Å². The maximum Gasteiger partial charge on any atom is 0.313 e. The monoisotopic (exact) mass is 416 g/mol. The molecule has 0 bridgehead atoms. The molecular weight excluding hydrogens is 396 g/mol. The number of nitrogens with one attached hydrogen (secondary N) is 2. The molecule has 2 aromatic rings. The molecule has 28 heavy (non-hydrogen) atoms. The number of benzene rings is 1. The van der Waals surface area contributed by atoms with Crippen LogP contribution >= 0.6 is 22.9 Å². The molecule has 146 valence electrons. The molecule has 0 radical (unpaired) electrons. The molecule has 1 aliphatic heterocycles. The molecule has 2 N–H and O–H groups in total. The first-order valence-electron chi connectivity index (χ1n) is 9.08. The largest absolute Gasteiger partial charge is 0.348 e. The number of anilines is 1. The van der Waals surface area contributed by atoms with Crippen LogP contribution in [0.15, 0.2) is 35.7 Å². The first-order chi connectivity index (χ1) is 13.5. The average Bonchev–Trinajstić information content (AvgIpc) is 3.20. The van der Waals surface area contributed by atoms with Crippen molar-refractivity contribution in [1.29, 1.82) is 5.26 Å². The van der Waals surface area contributed by atoms with Crippen molar-refractivity contribution >= 4 is 40.4 Å². The van der Waals surface area contributed by atoms with Crippen molar-refractivity contribution in [2.75, 3.05) is 25.0 Å². The highest BCUT2D eigenvalue weighted by molar-refractivity contribution is 7.09.